The average Bonchev–Trinajstić information content (AvgIpc) is 2.73. The van der Waals surface area contributed by atoms with Crippen molar-refractivity contribution in [2.75, 3.05) is 13.1 Å². The van der Waals surface area contributed by atoms with E-state index >= 15 is 0 Å². The first-order chi connectivity index (χ1) is 13.9. The number of fused-ring (bicyclic) bond motifs is 1. The number of aryl methyl sites for hydroxylation is 1. The number of benzene rings is 1. The normalized spacial score (nSPS) is 29.4. The Morgan fingerprint density at radius 2 is 1.59 bits per heavy atom. The van der Waals surface area contributed by atoms with Crippen molar-refractivity contribution in [2.24, 2.45) is 11.8 Å². The third kappa shape index (κ3) is 4.11. The number of nitrogens with zero attached hydrogens (tertiary/aromatic N) is 2. The standard InChI is InChI=1S/C23H34N2O3S/c1-17-7-11-21(12-8-17)29(27,28)24-15-13-20(14-16-24)23(26)25-18(2)9-10-19-5-3-4-6-22(19)25/h7-8,11-12,18-20,22H,3-6,9-10,13-16H2,1-2H3/t18-,19+,22-/m0/s1. The van der Waals surface area contributed by atoms with Crippen LogP contribution in [0.3, 0.4) is 0 Å². The van der Waals surface area contributed by atoms with E-state index in [4.69, 9.17) is 0 Å². The zero-order chi connectivity index (χ0) is 20.6. The van der Waals surface area contributed by atoms with Crippen LogP contribution in [0.4, 0.5) is 0 Å². The van der Waals surface area contributed by atoms with Crippen LogP contribution < -0.4 is 0 Å². The highest BCUT2D eigenvalue weighted by atomic mass is 32.2. The minimum atomic E-state index is -3.47. The molecule has 0 N–H and O–H groups in total. The molecule has 1 amide bonds. The number of rotatable bonds is 3. The lowest BCUT2D eigenvalue weighted by atomic mass is 9.76. The molecule has 3 atom stereocenters. The van der Waals surface area contributed by atoms with Crippen LogP contribution in [0.1, 0.15) is 63.9 Å². The lowest BCUT2D eigenvalue weighted by Crippen LogP contribution is -2.56. The molecule has 1 aliphatic carbocycles. The fourth-order valence-electron chi connectivity index (χ4n) is 5.61. The predicted octanol–water partition coefficient (Wildman–Crippen LogP) is 3.97. The van der Waals surface area contributed by atoms with Crippen molar-refractivity contribution in [3.8, 4) is 0 Å². The van der Waals surface area contributed by atoms with E-state index in [1.54, 1.807) is 16.4 Å². The van der Waals surface area contributed by atoms with Crippen LogP contribution in [0.25, 0.3) is 0 Å². The molecule has 1 aromatic carbocycles. The second-order valence-corrected chi connectivity index (χ2v) is 11.2. The molecule has 0 spiro atoms. The van der Waals surface area contributed by atoms with Gasteiger partial charge in [0.2, 0.25) is 15.9 Å². The van der Waals surface area contributed by atoms with Gasteiger partial charge in [-0.2, -0.15) is 4.31 Å². The molecule has 1 aromatic rings. The Bertz CT molecular complexity index is 828. The SMILES string of the molecule is Cc1ccc(S(=O)(=O)N2CCC(C(=O)N3[C@@H](C)CC[C@H]4CCCC[C@@H]43)CC2)cc1. The fraction of sp³-hybridized carbons (Fsp3) is 0.696. The zero-order valence-corrected chi connectivity index (χ0v) is 18.5. The van der Waals surface area contributed by atoms with E-state index < -0.39 is 10.0 Å². The van der Waals surface area contributed by atoms with Crippen LogP contribution in [0.15, 0.2) is 29.2 Å². The Kier molecular flexibility index (Phi) is 6.03. The van der Waals surface area contributed by atoms with Gasteiger partial charge in [0.05, 0.1) is 4.90 Å². The summed E-state index contributed by atoms with van der Waals surface area (Å²) in [4.78, 5) is 16.0. The van der Waals surface area contributed by atoms with Gasteiger partial charge in [0, 0.05) is 31.1 Å². The zero-order valence-electron chi connectivity index (χ0n) is 17.7. The Morgan fingerprint density at radius 1 is 0.931 bits per heavy atom. The second-order valence-electron chi connectivity index (χ2n) is 9.28. The molecule has 0 unspecified atom stereocenters. The highest BCUT2D eigenvalue weighted by Crippen LogP contribution is 2.39. The molecule has 3 aliphatic rings. The molecule has 0 bridgehead atoms. The number of piperidine rings is 2. The third-order valence-electron chi connectivity index (χ3n) is 7.37. The molecule has 4 rings (SSSR count). The largest absolute Gasteiger partial charge is 0.336 e. The number of carbonyl (C=O) groups is 1. The Labute approximate surface area is 175 Å². The molecular formula is C23H34N2O3S. The summed E-state index contributed by atoms with van der Waals surface area (Å²) in [6.45, 7) is 5.01. The predicted molar refractivity (Wildman–Crippen MR) is 114 cm³/mol. The summed E-state index contributed by atoms with van der Waals surface area (Å²) < 4.78 is 27.5. The fourth-order valence-corrected chi connectivity index (χ4v) is 7.08. The first-order valence-electron chi connectivity index (χ1n) is 11.3. The molecule has 5 nitrogen and oxygen atoms in total. The molecule has 0 radical (unpaired) electrons. The van der Waals surface area contributed by atoms with E-state index in [1.165, 1.54) is 25.7 Å². The number of carbonyl (C=O) groups excluding carboxylic acids is 1. The number of hydrogen-bond donors (Lipinski definition) is 0. The maximum absolute atomic E-state index is 13.4. The van der Waals surface area contributed by atoms with Crippen molar-refractivity contribution >= 4 is 15.9 Å². The third-order valence-corrected chi connectivity index (χ3v) is 9.29. The quantitative estimate of drug-likeness (QED) is 0.746. The van der Waals surface area contributed by atoms with Crippen molar-refractivity contribution in [2.45, 2.75) is 82.2 Å². The van der Waals surface area contributed by atoms with Crippen molar-refractivity contribution in [3.05, 3.63) is 29.8 Å². The van der Waals surface area contributed by atoms with Crippen LogP contribution in [-0.4, -0.2) is 48.7 Å². The van der Waals surface area contributed by atoms with E-state index in [2.05, 4.69) is 11.8 Å². The van der Waals surface area contributed by atoms with Gasteiger partial charge in [-0.15, -0.1) is 0 Å². The van der Waals surface area contributed by atoms with Gasteiger partial charge < -0.3 is 4.90 Å². The Balaban J connectivity index is 1.42. The first kappa shape index (κ1) is 20.9. The van der Waals surface area contributed by atoms with Crippen LogP contribution >= 0.6 is 0 Å². The van der Waals surface area contributed by atoms with Gasteiger partial charge in [-0.1, -0.05) is 30.5 Å². The molecule has 1 saturated carbocycles. The molecule has 160 valence electrons. The maximum Gasteiger partial charge on any atom is 0.243 e. The van der Waals surface area contributed by atoms with Gasteiger partial charge in [-0.05, 0) is 70.4 Å². The summed E-state index contributed by atoms with van der Waals surface area (Å²) in [6.07, 6.45) is 8.54. The van der Waals surface area contributed by atoms with Gasteiger partial charge in [0.15, 0.2) is 0 Å². The summed E-state index contributed by atoms with van der Waals surface area (Å²) in [7, 11) is -3.47. The van der Waals surface area contributed by atoms with Gasteiger partial charge in [0.1, 0.15) is 0 Å². The minimum absolute atomic E-state index is 0.0393. The van der Waals surface area contributed by atoms with E-state index in [9.17, 15) is 13.2 Å². The van der Waals surface area contributed by atoms with Crippen LogP contribution in [0.5, 0.6) is 0 Å². The summed E-state index contributed by atoms with van der Waals surface area (Å²) in [6, 6.07) is 7.76. The van der Waals surface area contributed by atoms with Gasteiger partial charge in [0.25, 0.3) is 0 Å². The molecule has 0 aromatic heterocycles. The topological polar surface area (TPSA) is 57.7 Å². The van der Waals surface area contributed by atoms with Crippen LogP contribution in [-0.2, 0) is 14.8 Å². The molecule has 2 heterocycles. The smallest absolute Gasteiger partial charge is 0.243 e. The number of amides is 1. The lowest BCUT2D eigenvalue weighted by molar-refractivity contribution is -0.147. The van der Waals surface area contributed by atoms with E-state index in [0.717, 1.165) is 18.4 Å². The monoisotopic (exact) mass is 418 g/mol. The summed E-state index contributed by atoms with van der Waals surface area (Å²) >= 11 is 0. The lowest BCUT2D eigenvalue weighted by Gasteiger charge is -2.49. The van der Waals surface area contributed by atoms with E-state index in [1.807, 2.05) is 19.1 Å². The molecular weight excluding hydrogens is 384 g/mol. The maximum atomic E-state index is 13.4. The molecule has 29 heavy (non-hydrogen) atoms. The molecule has 3 fully saturated rings. The highest BCUT2D eigenvalue weighted by molar-refractivity contribution is 7.89. The summed E-state index contributed by atoms with van der Waals surface area (Å²) in [5, 5.41) is 0. The molecule has 2 aliphatic heterocycles. The number of likely N-dealkylation sites (tertiary alicyclic amines) is 1. The highest BCUT2D eigenvalue weighted by Gasteiger charge is 2.42. The average molecular weight is 419 g/mol. The van der Waals surface area contributed by atoms with Gasteiger partial charge in [-0.25, -0.2) is 8.42 Å². The first-order valence-corrected chi connectivity index (χ1v) is 12.7. The Morgan fingerprint density at radius 3 is 2.28 bits per heavy atom. The van der Waals surface area contributed by atoms with Crippen molar-refractivity contribution < 1.29 is 13.2 Å². The number of sulfonamides is 1. The van der Waals surface area contributed by atoms with Crippen molar-refractivity contribution in [1.82, 2.24) is 9.21 Å². The summed E-state index contributed by atoms with van der Waals surface area (Å²) in [5.41, 5.74) is 1.05. The van der Waals surface area contributed by atoms with Crippen LogP contribution in [0, 0.1) is 18.8 Å². The number of hydrogen-bond acceptors (Lipinski definition) is 3. The van der Waals surface area contributed by atoms with Crippen molar-refractivity contribution in [3.63, 3.8) is 0 Å². The van der Waals surface area contributed by atoms with Crippen LogP contribution in [0.2, 0.25) is 0 Å². The van der Waals surface area contributed by atoms with Crippen molar-refractivity contribution in [1.29, 1.82) is 0 Å². The molecule has 6 heteroatoms. The summed E-state index contributed by atoms with van der Waals surface area (Å²) in [5.74, 6) is 0.912. The molecule has 2 saturated heterocycles. The van der Waals surface area contributed by atoms with Gasteiger partial charge in [-0.3, -0.25) is 4.79 Å². The van der Waals surface area contributed by atoms with E-state index in [-0.39, 0.29) is 11.8 Å². The van der Waals surface area contributed by atoms with E-state index in [0.29, 0.717) is 48.8 Å². The minimum Gasteiger partial charge on any atom is -0.336 e. The Hall–Kier alpha value is -1.40. The second kappa shape index (κ2) is 8.38. The van der Waals surface area contributed by atoms with Gasteiger partial charge >= 0.3 is 0 Å².